The van der Waals surface area contributed by atoms with Crippen LogP contribution in [0.25, 0.3) is 0 Å². The number of nitrogens with zero attached hydrogens (tertiary/aromatic N) is 2. The van der Waals surface area contributed by atoms with Gasteiger partial charge in [-0.25, -0.2) is 0 Å². The number of aromatic nitrogens is 2. The molecule has 0 saturated heterocycles. The van der Waals surface area contributed by atoms with E-state index in [0.717, 1.165) is 36.0 Å². The van der Waals surface area contributed by atoms with Crippen molar-refractivity contribution >= 4 is 11.6 Å². The summed E-state index contributed by atoms with van der Waals surface area (Å²) in [7, 11) is 0. The molecule has 2 N–H and O–H groups in total. The van der Waals surface area contributed by atoms with E-state index in [9.17, 15) is 0 Å². The van der Waals surface area contributed by atoms with E-state index in [1.807, 2.05) is 4.68 Å². The maximum Gasteiger partial charge on any atom is 0.0834 e. The molecule has 0 bridgehead atoms. The smallest absolute Gasteiger partial charge is 0.0834 e. The van der Waals surface area contributed by atoms with Crippen molar-refractivity contribution in [1.82, 2.24) is 9.78 Å². The van der Waals surface area contributed by atoms with Crippen LogP contribution in [0.1, 0.15) is 57.2 Å². The van der Waals surface area contributed by atoms with Crippen molar-refractivity contribution in [2.75, 3.05) is 0 Å². The molecule has 0 spiro atoms. The largest absolute Gasteiger partial charge is 0.323 e. The van der Waals surface area contributed by atoms with E-state index in [1.54, 1.807) is 6.20 Å². The van der Waals surface area contributed by atoms with Crippen molar-refractivity contribution in [2.45, 2.75) is 58.0 Å². The molecule has 1 aromatic rings. The highest BCUT2D eigenvalue weighted by Gasteiger charge is 2.22. The lowest BCUT2D eigenvalue weighted by Gasteiger charge is -2.18. The summed E-state index contributed by atoms with van der Waals surface area (Å²) in [4.78, 5) is 0. The Morgan fingerprint density at radius 2 is 2.24 bits per heavy atom. The third-order valence-corrected chi connectivity index (χ3v) is 3.97. The SMILES string of the molecule is CCCn1ncc(Cl)c1C(N)CC1CCCC1. The molecule has 17 heavy (non-hydrogen) atoms. The highest BCUT2D eigenvalue weighted by atomic mass is 35.5. The summed E-state index contributed by atoms with van der Waals surface area (Å²) >= 11 is 6.20. The topological polar surface area (TPSA) is 43.8 Å². The fourth-order valence-electron chi connectivity index (χ4n) is 2.85. The van der Waals surface area contributed by atoms with Gasteiger partial charge in [0.15, 0.2) is 0 Å². The molecule has 96 valence electrons. The van der Waals surface area contributed by atoms with E-state index in [-0.39, 0.29) is 6.04 Å². The summed E-state index contributed by atoms with van der Waals surface area (Å²) in [5.41, 5.74) is 7.33. The molecule has 2 rings (SSSR count). The molecule has 1 saturated carbocycles. The van der Waals surface area contributed by atoms with Crippen LogP contribution in [0.4, 0.5) is 0 Å². The molecule has 0 radical (unpaired) electrons. The Kier molecular flexibility index (Phi) is 4.46. The second kappa shape index (κ2) is 5.87. The summed E-state index contributed by atoms with van der Waals surface area (Å²) in [5.74, 6) is 0.783. The average molecular weight is 256 g/mol. The van der Waals surface area contributed by atoms with E-state index < -0.39 is 0 Å². The molecule has 0 aromatic carbocycles. The van der Waals surface area contributed by atoms with E-state index in [0.29, 0.717) is 0 Å². The monoisotopic (exact) mass is 255 g/mol. The third kappa shape index (κ3) is 3.02. The number of hydrogen-bond donors (Lipinski definition) is 1. The lowest BCUT2D eigenvalue weighted by Crippen LogP contribution is -2.19. The van der Waals surface area contributed by atoms with Gasteiger partial charge in [0.1, 0.15) is 0 Å². The van der Waals surface area contributed by atoms with Crippen molar-refractivity contribution in [2.24, 2.45) is 11.7 Å². The molecule has 1 aliphatic carbocycles. The van der Waals surface area contributed by atoms with Crippen molar-refractivity contribution in [3.05, 3.63) is 16.9 Å². The highest BCUT2D eigenvalue weighted by Crippen LogP contribution is 2.33. The first-order valence-electron chi connectivity index (χ1n) is 6.69. The highest BCUT2D eigenvalue weighted by molar-refractivity contribution is 6.31. The average Bonchev–Trinajstić information content (AvgIpc) is 2.89. The number of aryl methyl sites for hydroxylation is 1. The minimum Gasteiger partial charge on any atom is -0.323 e. The van der Waals surface area contributed by atoms with Crippen molar-refractivity contribution in [1.29, 1.82) is 0 Å². The van der Waals surface area contributed by atoms with Crippen molar-refractivity contribution < 1.29 is 0 Å². The van der Waals surface area contributed by atoms with Crippen LogP contribution in [0.15, 0.2) is 6.20 Å². The molecule has 1 aliphatic rings. The normalized spacial score (nSPS) is 18.8. The van der Waals surface area contributed by atoms with E-state index in [4.69, 9.17) is 17.3 Å². The molecule has 1 aromatic heterocycles. The van der Waals surface area contributed by atoms with Crippen LogP contribution in [-0.4, -0.2) is 9.78 Å². The van der Waals surface area contributed by atoms with Crippen LogP contribution in [0, 0.1) is 5.92 Å². The van der Waals surface area contributed by atoms with E-state index in [1.165, 1.54) is 25.7 Å². The summed E-state index contributed by atoms with van der Waals surface area (Å²) < 4.78 is 1.97. The van der Waals surface area contributed by atoms with Crippen LogP contribution in [0.2, 0.25) is 5.02 Å². The maximum atomic E-state index is 6.31. The Bertz CT molecular complexity index is 356. The third-order valence-electron chi connectivity index (χ3n) is 3.68. The van der Waals surface area contributed by atoms with Gasteiger partial charge in [0.2, 0.25) is 0 Å². The molecule has 4 heteroatoms. The first-order chi connectivity index (χ1) is 8.22. The number of nitrogens with two attached hydrogens (primary N) is 1. The Hall–Kier alpha value is -0.540. The standard InChI is InChI=1S/C13H22ClN3/c1-2-7-17-13(11(14)9-16-17)12(15)8-10-5-3-4-6-10/h9-10,12H,2-8,15H2,1H3. The van der Waals surface area contributed by atoms with E-state index in [2.05, 4.69) is 12.0 Å². The van der Waals surface area contributed by atoms with Gasteiger partial charge in [-0.05, 0) is 18.8 Å². The lowest BCUT2D eigenvalue weighted by molar-refractivity contribution is 0.427. The minimum absolute atomic E-state index is 0.0413. The first kappa shape index (κ1) is 12.9. The summed E-state index contributed by atoms with van der Waals surface area (Å²) in [6.45, 7) is 3.04. The maximum absolute atomic E-state index is 6.31. The summed E-state index contributed by atoms with van der Waals surface area (Å²) in [6.07, 6.45) is 9.20. The second-order valence-electron chi connectivity index (χ2n) is 5.09. The Morgan fingerprint density at radius 3 is 2.88 bits per heavy atom. The van der Waals surface area contributed by atoms with Crippen LogP contribution in [-0.2, 0) is 6.54 Å². The van der Waals surface area contributed by atoms with Gasteiger partial charge in [0.05, 0.1) is 16.9 Å². The number of hydrogen-bond acceptors (Lipinski definition) is 2. The lowest BCUT2D eigenvalue weighted by atomic mass is 9.97. The predicted molar refractivity (Wildman–Crippen MR) is 71.0 cm³/mol. The first-order valence-corrected chi connectivity index (χ1v) is 7.07. The number of rotatable bonds is 5. The van der Waals surface area contributed by atoms with Crippen molar-refractivity contribution in [3.8, 4) is 0 Å². The molecule has 0 aliphatic heterocycles. The molecule has 1 heterocycles. The second-order valence-corrected chi connectivity index (χ2v) is 5.50. The van der Waals surface area contributed by atoms with Crippen LogP contribution in [0.5, 0.6) is 0 Å². The van der Waals surface area contributed by atoms with Gasteiger partial charge in [-0.3, -0.25) is 4.68 Å². The van der Waals surface area contributed by atoms with Crippen LogP contribution < -0.4 is 5.73 Å². The quantitative estimate of drug-likeness (QED) is 0.875. The van der Waals surface area contributed by atoms with Crippen molar-refractivity contribution in [3.63, 3.8) is 0 Å². The van der Waals surface area contributed by atoms with Gasteiger partial charge in [0, 0.05) is 12.6 Å². The van der Waals surface area contributed by atoms with Gasteiger partial charge in [-0.1, -0.05) is 44.2 Å². The zero-order chi connectivity index (χ0) is 12.3. The minimum atomic E-state index is 0.0413. The molecule has 1 atom stereocenters. The van der Waals surface area contributed by atoms with Gasteiger partial charge in [-0.15, -0.1) is 0 Å². The zero-order valence-electron chi connectivity index (χ0n) is 10.5. The molecular weight excluding hydrogens is 234 g/mol. The fourth-order valence-corrected chi connectivity index (χ4v) is 3.13. The molecule has 3 nitrogen and oxygen atoms in total. The fraction of sp³-hybridized carbons (Fsp3) is 0.769. The molecule has 1 fully saturated rings. The van der Waals surface area contributed by atoms with Crippen LogP contribution in [0.3, 0.4) is 0 Å². The molecular formula is C13H22ClN3. The zero-order valence-corrected chi connectivity index (χ0v) is 11.3. The Labute approximate surface area is 108 Å². The predicted octanol–water partition coefficient (Wildman–Crippen LogP) is 3.53. The molecule has 1 unspecified atom stereocenters. The van der Waals surface area contributed by atoms with Gasteiger partial charge in [0.25, 0.3) is 0 Å². The van der Waals surface area contributed by atoms with Gasteiger partial charge in [-0.2, -0.15) is 5.10 Å². The Balaban J connectivity index is 2.05. The van der Waals surface area contributed by atoms with Crippen LogP contribution >= 0.6 is 11.6 Å². The number of halogens is 1. The van der Waals surface area contributed by atoms with Gasteiger partial charge >= 0.3 is 0 Å². The molecule has 0 amide bonds. The van der Waals surface area contributed by atoms with Gasteiger partial charge < -0.3 is 5.73 Å². The summed E-state index contributed by atoms with van der Waals surface area (Å²) in [6, 6.07) is 0.0413. The van der Waals surface area contributed by atoms with E-state index >= 15 is 0 Å². The Morgan fingerprint density at radius 1 is 1.53 bits per heavy atom. The summed E-state index contributed by atoms with van der Waals surface area (Å²) in [5, 5.41) is 5.03.